The molecule has 7 heteroatoms. The second-order valence-corrected chi connectivity index (χ2v) is 9.51. The van der Waals surface area contributed by atoms with Crippen molar-refractivity contribution in [2.45, 2.75) is 39.5 Å². The number of para-hydroxylation sites is 1. The number of benzene rings is 2. The molecule has 0 atom stereocenters. The Morgan fingerprint density at radius 2 is 1.62 bits per heavy atom. The smallest absolute Gasteiger partial charge is 0.245 e. The molecular weight excluding hydrogens is 386 g/mol. The maximum atomic E-state index is 12.9. The van der Waals surface area contributed by atoms with Crippen LogP contribution in [0.15, 0.2) is 42.5 Å². The molecule has 0 aliphatic carbocycles. The van der Waals surface area contributed by atoms with Crippen LogP contribution in [-0.4, -0.2) is 27.1 Å². The van der Waals surface area contributed by atoms with Crippen LogP contribution in [0.5, 0.6) is 0 Å². The lowest BCUT2D eigenvalue weighted by atomic mass is 9.92. The molecule has 0 aliphatic heterocycles. The van der Waals surface area contributed by atoms with E-state index in [4.69, 9.17) is 5.26 Å². The first-order valence-corrected chi connectivity index (χ1v) is 11.3. The Morgan fingerprint density at radius 1 is 1.07 bits per heavy atom. The number of hydrogen-bond donors (Lipinski definition) is 1. The maximum Gasteiger partial charge on any atom is 0.245 e. The van der Waals surface area contributed by atoms with Crippen LogP contribution < -0.4 is 9.62 Å². The summed E-state index contributed by atoms with van der Waals surface area (Å²) in [6, 6.07) is 14.1. The van der Waals surface area contributed by atoms with Crippen molar-refractivity contribution in [3.8, 4) is 6.07 Å². The number of anilines is 2. The predicted molar refractivity (Wildman–Crippen MR) is 117 cm³/mol. The number of carbonyl (C=O) groups excluding carboxylic acids is 1. The Bertz CT molecular complexity index is 1010. The number of nitrogens with one attached hydrogen (secondary N) is 1. The number of hydrogen-bond acceptors (Lipinski definition) is 4. The van der Waals surface area contributed by atoms with Crippen LogP contribution in [0, 0.1) is 11.3 Å². The molecule has 2 aromatic rings. The van der Waals surface area contributed by atoms with Gasteiger partial charge in [-0.3, -0.25) is 9.10 Å². The zero-order valence-electron chi connectivity index (χ0n) is 17.4. The molecule has 0 unspecified atom stereocenters. The van der Waals surface area contributed by atoms with Gasteiger partial charge in [0.15, 0.2) is 0 Å². The summed E-state index contributed by atoms with van der Waals surface area (Å²) >= 11 is 0. The molecule has 0 heterocycles. The van der Waals surface area contributed by atoms with Crippen molar-refractivity contribution in [3.63, 3.8) is 0 Å². The molecule has 2 aromatic carbocycles. The highest BCUT2D eigenvalue weighted by Gasteiger charge is 2.23. The van der Waals surface area contributed by atoms with Crippen LogP contribution in [0.4, 0.5) is 11.4 Å². The van der Waals surface area contributed by atoms with E-state index < -0.39 is 15.9 Å². The largest absolute Gasteiger partial charge is 0.324 e. The maximum absolute atomic E-state index is 12.9. The molecule has 29 heavy (non-hydrogen) atoms. The van der Waals surface area contributed by atoms with Gasteiger partial charge >= 0.3 is 0 Å². The van der Waals surface area contributed by atoms with Gasteiger partial charge in [-0.25, -0.2) is 8.42 Å². The standard InChI is InChI=1S/C22H27N3O3S/c1-15(2)19-10-7-11-20(16(3)4)22(19)24-21(26)14-25(29(5,27)28)18-9-6-8-17(12-18)13-23/h6-12,15-16H,14H2,1-5H3,(H,24,26). The van der Waals surface area contributed by atoms with E-state index in [0.717, 1.165) is 27.4 Å². The van der Waals surface area contributed by atoms with Gasteiger partial charge in [0.25, 0.3) is 0 Å². The molecular formula is C22H27N3O3S. The van der Waals surface area contributed by atoms with Gasteiger partial charge in [0.1, 0.15) is 6.54 Å². The molecule has 0 radical (unpaired) electrons. The van der Waals surface area contributed by atoms with Crippen molar-refractivity contribution < 1.29 is 13.2 Å². The lowest BCUT2D eigenvalue weighted by molar-refractivity contribution is -0.114. The number of carbonyl (C=O) groups is 1. The number of nitriles is 1. The Kier molecular flexibility index (Phi) is 7.04. The molecule has 0 aromatic heterocycles. The van der Waals surface area contributed by atoms with Crippen LogP contribution in [-0.2, 0) is 14.8 Å². The molecule has 1 N–H and O–H groups in total. The molecule has 0 fully saturated rings. The summed E-state index contributed by atoms with van der Waals surface area (Å²) in [5, 5.41) is 12.0. The van der Waals surface area contributed by atoms with Gasteiger partial charge in [-0.1, -0.05) is 52.0 Å². The summed E-state index contributed by atoms with van der Waals surface area (Å²) in [4.78, 5) is 12.9. The SMILES string of the molecule is CC(C)c1cccc(C(C)C)c1NC(=O)CN(c1cccc(C#N)c1)S(C)(=O)=O. The number of sulfonamides is 1. The molecule has 0 saturated carbocycles. The van der Waals surface area contributed by atoms with Crippen molar-refractivity contribution >= 4 is 27.3 Å². The van der Waals surface area contributed by atoms with Gasteiger partial charge in [-0.15, -0.1) is 0 Å². The summed E-state index contributed by atoms with van der Waals surface area (Å²) in [6.45, 7) is 7.81. The van der Waals surface area contributed by atoms with Crippen LogP contribution in [0.1, 0.15) is 56.2 Å². The van der Waals surface area contributed by atoms with Crippen LogP contribution >= 0.6 is 0 Å². The summed E-state index contributed by atoms with van der Waals surface area (Å²) in [6.07, 6.45) is 1.04. The normalized spacial score (nSPS) is 11.4. The third-order valence-electron chi connectivity index (χ3n) is 4.59. The van der Waals surface area contributed by atoms with Crippen molar-refractivity contribution in [3.05, 3.63) is 59.2 Å². The van der Waals surface area contributed by atoms with E-state index in [-0.39, 0.29) is 24.1 Å². The van der Waals surface area contributed by atoms with Crippen molar-refractivity contribution in [1.29, 1.82) is 5.26 Å². The molecule has 0 bridgehead atoms. The number of amides is 1. The van der Waals surface area contributed by atoms with Gasteiger partial charge in [0.2, 0.25) is 15.9 Å². The van der Waals surface area contributed by atoms with E-state index in [0.29, 0.717) is 5.56 Å². The number of nitrogens with zero attached hydrogens (tertiary/aromatic N) is 2. The highest BCUT2D eigenvalue weighted by atomic mass is 32.2. The Balaban J connectivity index is 2.39. The second-order valence-electron chi connectivity index (χ2n) is 7.60. The summed E-state index contributed by atoms with van der Waals surface area (Å²) in [7, 11) is -3.72. The highest BCUT2D eigenvalue weighted by Crippen LogP contribution is 2.32. The fourth-order valence-corrected chi connectivity index (χ4v) is 3.98. The van der Waals surface area contributed by atoms with Crippen molar-refractivity contribution in [1.82, 2.24) is 0 Å². The van der Waals surface area contributed by atoms with Gasteiger partial charge < -0.3 is 5.32 Å². The average Bonchev–Trinajstić information content (AvgIpc) is 2.65. The van der Waals surface area contributed by atoms with Gasteiger partial charge in [-0.2, -0.15) is 5.26 Å². The molecule has 1 amide bonds. The zero-order valence-corrected chi connectivity index (χ0v) is 18.2. The fourth-order valence-electron chi connectivity index (χ4n) is 3.14. The van der Waals surface area contributed by atoms with Crippen LogP contribution in [0.2, 0.25) is 0 Å². The van der Waals surface area contributed by atoms with Gasteiger partial charge in [-0.05, 0) is 41.2 Å². The van der Waals surface area contributed by atoms with E-state index >= 15 is 0 Å². The summed E-state index contributed by atoms with van der Waals surface area (Å²) in [5.74, 6) is -0.0440. The van der Waals surface area contributed by atoms with Crippen molar-refractivity contribution in [2.75, 3.05) is 22.4 Å². The predicted octanol–water partition coefficient (Wildman–Crippen LogP) is 4.21. The first-order valence-electron chi connectivity index (χ1n) is 9.45. The molecule has 0 saturated heterocycles. The summed E-state index contributed by atoms with van der Waals surface area (Å²) in [5.41, 5.74) is 3.34. The van der Waals surface area contributed by atoms with E-state index in [2.05, 4.69) is 5.32 Å². The van der Waals surface area contributed by atoms with Crippen molar-refractivity contribution in [2.24, 2.45) is 0 Å². The third kappa shape index (κ3) is 5.58. The highest BCUT2D eigenvalue weighted by molar-refractivity contribution is 7.92. The molecule has 154 valence electrons. The van der Waals surface area contributed by atoms with E-state index in [9.17, 15) is 13.2 Å². The van der Waals surface area contributed by atoms with Crippen LogP contribution in [0.25, 0.3) is 0 Å². The topological polar surface area (TPSA) is 90.3 Å². The second kappa shape index (κ2) is 9.10. The average molecular weight is 414 g/mol. The molecule has 0 spiro atoms. The third-order valence-corrected chi connectivity index (χ3v) is 5.73. The molecule has 0 aliphatic rings. The Hall–Kier alpha value is -2.85. The van der Waals surface area contributed by atoms with E-state index in [1.807, 2.05) is 52.0 Å². The fraction of sp³-hybridized carbons (Fsp3) is 0.364. The minimum Gasteiger partial charge on any atom is -0.324 e. The van der Waals surface area contributed by atoms with E-state index in [1.165, 1.54) is 6.07 Å². The quantitative estimate of drug-likeness (QED) is 0.736. The molecule has 6 nitrogen and oxygen atoms in total. The zero-order chi connectivity index (χ0) is 21.8. The lowest BCUT2D eigenvalue weighted by Crippen LogP contribution is -2.37. The minimum absolute atomic E-state index is 0.197. The monoisotopic (exact) mass is 413 g/mol. The van der Waals surface area contributed by atoms with Gasteiger partial charge in [0, 0.05) is 5.69 Å². The minimum atomic E-state index is -3.72. The Morgan fingerprint density at radius 3 is 2.10 bits per heavy atom. The van der Waals surface area contributed by atoms with Crippen LogP contribution in [0.3, 0.4) is 0 Å². The van der Waals surface area contributed by atoms with E-state index in [1.54, 1.807) is 18.2 Å². The molecule has 2 rings (SSSR count). The van der Waals surface area contributed by atoms with Gasteiger partial charge in [0.05, 0.1) is 23.6 Å². The summed E-state index contributed by atoms with van der Waals surface area (Å²) < 4.78 is 25.7. The first-order chi connectivity index (χ1) is 13.5. The Labute approximate surface area is 173 Å². The lowest BCUT2D eigenvalue weighted by Gasteiger charge is -2.24. The first kappa shape index (κ1) is 22.4. The number of rotatable bonds is 7.